The molecule has 1 heteroatoms. The van der Waals surface area contributed by atoms with Gasteiger partial charge >= 0.3 is 0 Å². The molecule has 0 aromatic heterocycles. The zero-order valence-electron chi connectivity index (χ0n) is 7.81. The molecule has 1 aliphatic carbocycles. The smallest absolute Gasteiger partial charge is 0.170 e. The van der Waals surface area contributed by atoms with Crippen LogP contribution >= 0.6 is 0 Å². The summed E-state index contributed by atoms with van der Waals surface area (Å²) in [6.45, 7) is 0. The molecule has 0 heterocycles. The summed E-state index contributed by atoms with van der Waals surface area (Å²) in [5.41, 5.74) is 1.19. The minimum atomic E-state index is -0.0256. The summed E-state index contributed by atoms with van der Waals surface area (Å²) in [5.74, 6) is 0.0544. The van der Waals surface area contributed by atoms with Crippen molar-refractivity contribution >= 4 is 5.78 Å². The molecule has 1 aromatic carbocycles. The van der Waals surface area contributed by atoms with E-state index in [1.165, 1.54) is 5.56 Å². The number of hydrogen-bond acceptors (Lipinski definition) is 1. The second kappa shape index (κ2) is 4.05. The largest absolute Gasteiger partial charge is 0.293 e. The maximum absolute atomic E-state index is 11.4. The summed E-state index contributed by atoms with van der Waals surface area (Å²) < 4.78 is 0. The molecule has 0 bridgehead atoms. The van der Waals surface area contributed by atoms with Crippen molar-refractivity contribution in [1.29, 1.82) is 0 Å². The van der Waals surface area contributed by atoms with Gasteiger partial charge in [-0.15, -0.1) is 0 Å². The van der Waals surface area contributed by atoms with E-state index in [0.29, 0.717) is 0 Å². The fraction of sp³-hybridized carbons (Fsp3) is 0.154. The van der Waals surface area contributed by atoms with E-state index in [1.54, 1.807) is 6.08 Å². The highest BCUT2D eigenvalue weighted by Gasteiger charge is 2.15. The normalized spacial score (nSPS) is 20.0. The molecule has 1 atom stereocenters. The predicted octanol–water partition coefficient (Wildman–Crippen LogP) is 2.34. The first-order valence-electron chi connectivity index (χ1n) is 4.70. The first-order valence-corrected chi connectivity index (χ1v) is 4.70. The summed E-state index contributed by atoms with van der Waals surface area (Å²) in [7, 11) is 0. The number of carbonyl (C=O) groups is 1. The lowest BCUT2D eigenvalue weighted by Crippen LogP contribution is -2.14. The Balaban J connectivity index is 2.09. The van der Waals surface area contributed by atoms with Crippen molar-refractivity contribution in [3.63, 3.8) is 0 Å². The van der Waals surface area contributed by atoms with Crippen molar-refractivity contribution in [3.8, 4) is 0 Å². The summed E-state index contributed by atoms with van der Waals surface area (Å²) >= 11 is 0. The molecular weight excluding hydrogens is 172 g/mol. The molecule has 0 N–H and O–H groups in total. The molecule has 0 aliphatic heterocycles. The van der Waals surface area contributed by atoms with E-state index in [9.17, 15) is 4.79 Å². The van der Waals surface area contributed by atoms with Gasteiger partial charge in [0.1, 0.15) is 0 Å². The lowest BCUT2D eigenvalue weighted by atomic mass is 9.92. The molecule has 14 heavy (non-hydrogen) atoms. The Labute approximate surface area is 83.8 Å². The van der Waals surface area contributed by atoms with Gasteiger partial charge in [-0.25, -0.2) is 0 Å². The fourth-order valence-corrected chi connectivity index (χ4v) is 1.54. The molecule has 1 unspecified atom stereocenters. The van der Waals surface area contributed by atoms with E-state index in [0.717, 1.165) is 6.42 Å². The molecule has 0 spiro atoms. The second-order valence-electron chi connectivity index (χ2n) is 3.36. The maximum Gasteiger partial charge on any atom is 0.170 e. The van der Waals surface area contributed by atoms with Crippen LogP contribution in [0, 0.1) is 12.0 Å². The van der Waals surface area contributed by atoms with Crippen molar-refractivity contribution in [2.24, 2.45) is 5.92 Å². The SMILES string of the molecule is O=C1[C]=CC=CC1Cc1ccccc1. The molecule has 0 saturated carbocycles. The molecule has 1 radical (unpaired) electrons. The lowest BCUT2D eigenvalue weighted by Gasteiger charge is -2.10. The first kappa shape index (κ1) is 8.95. The van der Waals surface area contributed by atoms with Crippen molar-refractivity contribution in [3.05, 3.63) is 60.2 Å². The minimum absolute atomic E-state index is 0.0256. The van der Waals surface area contributed by atoms with Crippen molar-refractivity contribution in [1.82, 2.24) is 0 Å². The van der Waals surface area contributed by atoms with Crippen molar-refractivity contribution in [2.75, 3.05) is 0 Å². The van der Waals surface area contributed by atoms with Crippen molar-refractivity contribution in [2.45, 2.75) is 6.42 Å². The van der Waals surface area contributed by atoms with Gasteiger partial charge in [0.2, 0.25) is 0 Å². The zero-order chi connectivity index (χ0) is 9.80. The summed E-state index contributed by atoms with van der Waals surface area (Å²) in [6, 6.07) is 10.0. The fourth-order valence-electron chi connectivity index (χ4n) is 1.54. The van der Waals surface area contributed by atoms with E-state index < -0.39 is 0 Å². The Morgan fingerprint density at radius 3 is 2.71 bits per heavy atom. The highest BCUT2D eigenvalue weighted by Crippen LogP contribution is 2.14. The Kier molecular flexibility index (Phi) is 2.59. The predicted molar refractivity (Wildman–Crippen MR) is 55.6 cm³/mol. The molecule has 1 aromatic rings. The van der Waals surface area contributed by atoms with Gasteiger partial charge in [0.25, 0.3) is 0 Å². The van der Waals surface area contributed by atoms with E-state index in [2.05, 4.69) is 6.08 Å². The average Bonchev–Trinajstić information content (AvgIpc) is 2.23. The highest BCUT2D eigenvalue weighted by atomic mass is 16.1. The lowest BCUT2D eigenvalue weighted by molar-refractivity contribution is -0.117. The quantitative estimate of drug-likeness (QED) is 0.687. The molecular formula is C13H11O. The van der Waals surface area contributed by atoms with Crippen LogP contribution in [0.4, 0.5) is 0 Å². The van der Waals surface area contributed by atoms with E-state index in [4.69, 9.17) is 0 Å². The van der Waals surface area contributed by atoms with E-state index in [-0.39, 0.29) is 11.7 Å². The van der Waals surface area contributed by atoms with Crippen LogP contribution in [-0.2, 0) is 11.2 Å². The minimum Gasteiger partial charge on any atom is -0.293 e. The van der Waals surface area contributed by atoms with Crippen LogP contribution < -0.4 is 0 Å². The van der Waals surface area contributed by atoms with Crippen LogP contribution in [-0.4, -0.2) is 5.78 Å². The number of Topliss-reactive ketones (excluding diaryl/α,β-unsaturated/α-hetero) is 1. The van der Waals surface area contributed by atoms with Crippen LogP contribution in [0.25, 0.3) is 0 Å². The van der Waals surface area contributed by atoms with E-state index in [1.807, 2.05) is 42.5 Å². The second-order valence-corrected chi connectivity index (χ2v) is 3.36. The number of hydrogen-bond donors (Lipinski definition) is 0. The number of rotatable bonds is 2. The monoisotopic (exact) mass is 183 g/mol. The van der Waals surface area contributed by atoms with Gasteiger partial charge in [0.05, 0.1) is 0 Å². The van der Waals surface area contributed by atoms with Gasteiger partial charge in [-0.2, -0.15) is 0 Å². The number of allylic oxidation sites excluding steroid dienone is 4. The van der Waals surface area contributed by atoms with Crippen LogP contribution in [0.15, 0.2) is 48.6 Å². The first-order chi connectivity index (χ1) is 6.86. The van der Waals surface area contributed by atoms with Crippen LogP contribution in [0.1, 0.15) is 5.56 Å². The Morgan fingerprint density at radius 1 is 1.21 bits per heavy atom. The third-order valence-electron chi connectivity index (χ3n) is 2.30. The number of ketones is 1. The van der Waals surface area contributed by atoms with Gasteiger partial charge in [0.15, 0.2) is 5.78 Å². The zero-order valence-corrected chi connectivity index (χ0v) is 7.81. The van der Waals surface area contributed by atoms with Gasteiger partial charge in [-0.1, -0.05) is 48.6 Å². The molecule has 1 aliphatic rings. The van der Waals surface area contributed by atoms with Crippen LogP contribution in [0.5, 0.6) is 0 Å². The summed E-state index contributed by atoms with van der Waals surface area (Å²) in [4.78, 5) is 11.4. The molecule has 0 saturated heterocycles. The molecule has 69 valence electrons. The van der Waals surface area contributed by atoms with Gasteiger partial charge < -0.3 is 0 Å². The molecule has 2 rings (SSSR count). The van der Waals surface area contributed by atoms with Gasteiger partial charge in [-0.05, 0) is 12.0 Å². The molecule has 1 nitrogen and oxygen atoms in total. The molecule has 0 fully saturated rings. The third-order valence-corrected chi connectivity index (χ3v) is 2.30. The Bertz CT molecular complexity index is 373. The number of carbonyl (C=O) groups excluding carboxylic acids is 1. The van der Waals surface area contributed by atoms with Crippen LogP contribution in [0.3, 0.4) is 0 Å². The third kappa shape index (κ3) is 1.99. The molecule has 0 amide bonds. The number of benzene rings is 1. The topological polar surface area (TPSA) is 17.1 Å². The van der Waals surface area contributed by atoms with Gasteiger partial charge in [-0.3, -0.25) is 4.79 Å². The average molecular weight is 183 g/mol. The Morgan fingerprint density at radius 2 is 2.00 bits per heavy atom. The van der Waals surface area contributed by atoms with Crippen molar-refractivity contribution < 1.29 is 4.79 Å². The van der Waals surface area contributed by atoms with E-state index >= 15 is 0 Å². The highest BCUT2D eigenvalue weighted by molar-refractivity contribution is 5.90. The standard InChI is InChI=1S/C13H11O/c14-13-9-5-4-8-12(13)10-11-6-2-1-3-7-11/h1-8,12H,10H2. The summed E-state index contributed by atoms with van der Waals surface area (Å²) in [5, 5.41) is 0. The maximum atomic E-state index is 11.4. The van der Waals surface area contributed by atoms with Gasteiger partial charge in [0, 0.05) is 12.0 Å². The van der Waals surface area contributed by atoms with Crippen LogP contribution in [0.2, 0.25) is 0 Å². The summed E-state index contributed by atoms with van der Waals surface area (Å²) in [6.07, 6.45) is 8.97. The Hall–Kier alpha value is -1.63.